The second kappa shape index (κ2) is 5.73. The Bertz CT molecular complexity index is 767. The predicted octanol–water partition coefficient (Wildman–Crippen LogP) is 3.59. The van der Waals surface area contributed by atoms with Gasteiger partial charge in [0.15, 0.2) is 5.82 Å². The lowest BCUT2D eigenvalue weighted by Crippen LogP contribution is -2.05. The van der Waals surface area contributed by atoms with Crippen molar-refractivity contribution in [1.82, 2.24) is 19.9 Å². The molecule has 0 aliphatic rings. The molecule has 0 aromatic carbocycles. The van der Waals surface area contributed by atoms with E-state index < -0.39 is 0 Å². The molecule has 0 saturated heterocycles. The molecule has 3 aromatic rings. The van der Waals surface area contributed by atoms with Gasteiger partial charge in [0.05, 0.1) is 11.6 Å². The molecule has 21 heavy (non-hydrogen) atoms. The van der Waals surface area contributed by atoms with E-state index in [1.807, 2.05) is 0 Å². The van der Waals surface area contributed by atoms with Gasteiger partial charge in [0.25, 0.3) is 0 Å². The lowest BCUT2D eigenvalue weighted by Gasteiger charge is -2.08. The van der Waals surface area contributed by atoms with Gasteiger partial charge in [-0.3, -0.25) is 4.98 Å². The third-order valence-electron chi connectivity index (χ3n) is 3.36. The molecule has 0 amide bonds. The van der Waals surface area contributed by atoms with Crippen LogP contribution in [0.5, 0.6) is 0 Å². The van der Waals surface area contributed by atoms with Crippen LogP contribution >= 0.6 is 11.3 Å². The van der Waals surface area contributed by atoms with Crippen LogP contribution in [0.1, 0.15) is 23.8 Å². The zero-order valence-corrected chi connectivity index (χ0v) is 13.2. The maximum absolute atomic E-state index is 4.66. The average molecular weight is 299 g/mol. The number of fused-ring (bicyclic) bond motifs is 1. The highest BCUT2D eigenvalue weighted by Crippen LogP contribution is 2.34. The van der Waals surface area contributed by atoms with Crippen molar-refractivity contribution < 1.29 is 0 Å². The van der Waals surface area contributed by atoms with Crippen LogP contribution in [0.15, 0.2) is 18.6 Å². The predicted molar refractivity (Wildman–Crippen MR) is 86.7 cm³/mol. The van der Waals surface area contributed by atoms with Crippen LogP contribution in [0.3, 0.4) is 0 Å². The van der Waals surface area contributed by atoms with Crippen molar-refractivity contribution in [2.24, 2.45) is 0 Å². The number of hydrogen-bond donors (Lipinski definition) is 1. The van der Waals surface area contributed by atoms with E-state index >= 15 is 0 Å². The highest BCUT2D eigenvalue weighted by atomic mass is 32.1. The average Bonchev–Trinajstić information content (AvgIpc) is 2.80. The van der Waals surface area contributed by atoms with Gasteiger partial charge in [-0.05, 0) is 25.8 Å². The molecular weight excluding hydrogens is 282 g/mol. The van der Waals surface area contributed by atoms with Gasteiger partial charge in [0.1, 0.15) is 16.3 Å². The third-order valence-corrected chi connectivity index (χ3v) is 4.46. The summed E-state index contributed by atoms with van der Waals surface area (Å²) < 4.78 is 0. The number of hydrogen-bond acceptors (Lipinski definition) is 6. The van der Waals surface area contributed by atoms with Gasteiger partial charge in [-0.2, -0.15) is 0 Å². The second-order valence-corrected chi connectivity index (χ2v) is 6.08. The van der Waals surface area contributed by atoms with Crippen LogP contribution in [-0.2, 0) is 0 Å². The Hall–Kier alpha value is -2.08. The maximum Gasteiger partial charge on any atom is 0.183 e. The van der Waals surface area contributed by atoms with E-state index in [0.29, 0.717) is 11.5 Å². The number of aromatic nitrogens is 4. The molecule has 5 nitrogen and oxygen atoms in total. The molecule has 3 rings (SSSR count). The molecule has 0 aliphatic heterocycles. The fraction of sp³-hybridized carbons (Fsp3) is 0.333. The summed E-state index contributed by atoms with van der Waals surface area (Å²) >= 11 is 1.70. The SMILES string of the molecule is CCCNc1nc(-c2cnccn2)nc2sc(C)c(C)c12. The number of thiophene rings is 1. The third kappa shape index (κ3) is 2.58. The lowest BCUT2D eigenvalue weighted by atomic mass is 10.2. The molecule has 6 heteroatoms. The van der Waals surface area contributed by atoms with E-state index in [0.717, 1.165) is 29.0 Å². The quantitative estimate of drug-likeness (QED) is 0.797. The lowest BCUT2D eigenvalue weighted by molar-refractivity contribution is 0.969. The van der Waals surface area contributed by atoms with Crippen LogP contribution in [0.4, 0.5) is 5.82 Å². The molecule has 0 bridgehead atoms. The normalized spacial score (nSPS) is 11.0. The van der Waals surface area contributed by atoms with Crippen molar-refractivity contribution in [3.05, 3.63) is 29.0 Å². The largest absolute Gasteiger partial charge is 0.369 e. The zero-order valence-electron chi connectivity index (χ0n) is 12.3. The van der Waals surface area contributed by atoms with Gasteiger partial charge in [-0.15, -0.1) is 11.3 Å². The van der Waals surface area contributed by atoms with Crippen LogP contribution in [0, 0.1) is 13.8 Å². The Morgan fingerprint density at radius 2 is 2.05 bits per heavy atom. The molecule has 0 saturated carbocycles. The first-order valence-corrected chi connectivity index (χ1v) is 7.80. The summed E-state index contributed by atoms with van der Waals surface area (Å²) in [5.74, 6) is 1.51. The fourth-order valence-electron chi connectivity index (χ4n) is 2.15. The summed E-state index contributed by atoms with van der Waals surface area (Å²) in [6, 6.07) is 0. The Morgan fingerprint density at radius 1 is 1.19 bits per heavy atom. The molecule has 0 fully saturated rings. The summed E-state index contributed by atoms with van der Waals surface area (Å²) in [6.07, 6.45) is 6.05. The molecule has 0 atom stereocenters. The molecule has 0 aliphatic carbocycles. The second-order valence-electron chi connectivity index (χ2n) is 4.88. The van der Waals surface area contributed by atoms with Crippen molar-refractivity contribution >= 4 is 27.4 Å². The molecule has 1 N–H and O–H groups in total. The van der Waals surface area contributed by atoms with E-state index in [1.165, 1.54) is 10.4 Å². The van der Waals surface area contributed by atoms with E-state index in [4.69, 9.17) is 0 Å². The summed E-state index contributed by atoms with van der Waals surface area (Å²) in [7, 11) is 0. The van der Waals surface area contributed by atoms with E-state index in [1.54, 1.807) is 29.9 Å². The summed E-state index contributed by atoms with van der Waals surface area (Å²) in [6.45, 7) is 7.27. The van der Waals surface area contributed by atoms with E-state index in [2.05, 4.69) is 46.0 Å². The van der Waals surface area contributed by atoms with Gasteiger partial charge in [-0.25, -0.2) is 15.0 Å². The molecule has 0 radical (unpaired) electrons. The highest BCUT2D eigenvalue weighted by molar-refractivity contribution is 7.18. The van der Waals surface area contributed by atoms with Crippen LogP contribution in [0.2, 0.25) is 0 Å². The van der Waals surface area contributed by atoms with Crippen LogP contribution in [0.25, 0.3) is 21.7 Å². The molecule has 0 unspecified atom stereocenters. The first kappa shape index (κ1) is 13.9. The minimum Gasteiger partial charge on any atom is -0.369 e. The van der Waals surface area contributed by atoms with Gasteiger partial charge in [0, 0.05) is 23.8 Å². The van der Waals surface area contributed by atoms with Crippen molar-refractivity contribution in [1.29, 1.82) is 0 Å². The fourth-order valence-corrected chi connectivity index (χ4v) is 3.18. The Labute approximate surface area is 127 Å². The maximum atomic E-state index is 4.66. The number of rotatable bonds is 4. The minimum absolute atomic E-state index is 0.621. The monoisotopic (exact) mass is 299 g/mol. The number of nitrogens with zero attached hydrogens (tertiary/aromatic N) is 4. The van der Waals surface area contributed by atoms with Crippen molar-refractivity contribution in [3.8, 4) is 11.5 Å². The van der Waals surface area contributed by atoms with Crippen molar-refractivity contribution in [3.63, 3.8) is 0 Å². The first-order valence-electron chi connectivity index (χ1n) is 6.98. The number of aryl methyl sites for hydroxylation is 2. The summed E-state index contributed by atoms with van der Waals surface area (Å²) in [5, 5.41) is 4.53. The summed E-state index contributed by atoms with van der Waals surface area (Å²) in [4.78, 5) is 20.0. The van der Waals surface area contributed by atoms with Gasteiger partial charge in [-0.1, -0.05) is 6.92 Å². The molecule has 3 aromatic heterocycles. The summed E-state index contributed by atoms with van der Waals surface area (Å²) in [5.41, 5.74) is 1.95. The number of nitrogens with one attached hydrogen (secondary N) is 1. The van der Waals surface area contributed by atoms with Crippen molar-refractivity contribution in [2.45, 2.75) is 27.2 Å². The smallest absolute Gasteiger partial charge is 0.183 e. The van der Waals surface area contributed by atoms with E-state index in [9.17, 15) is 0 Å². The topological polar surface area (TPSA) is 63.6 Å². The van der Waals surface area contributed by atoms with Gasteiger partial charge < -0.3 is 5.32 Å². The van der Waals surface area contributed by atoms with E-state index in [-0.39, 0.29) is 0 Å². The number of anilines is 1. The molecule has 3 heterocycles. The molecule has 108 valence electrons. The Morgan fingerprint density at radius 3 is 2.76 bits per heavy atom. The van der Waals surface area contributed by atoms with Gasteiger partial charge >= 0.3 is 0 Å². The Balaban J connectivity index is 2.20. The van der Waals surface area contributed by atoms with Crippen LogP contribution < -0.4 is 5.32 Å². The molecular formula is C15H17N5S. The minimum atomic E-state index is 0.621. The Kier molecular flexibility index (Phi) is 3.79. The zero-order chi connectivity index (χ0) is 14.8. The van der Waals surface area contributed by atoms with Crippen LogP contribution in [-0.4, -0.2) is 26.5 Å². The highest BCUT2D eigenvalue weighted by Gasteiger charge is 2.15. The molecule has 0 spiro atoms. The van der Waals surface area contributed by atoms with Gasteiger partial charge in [0.2, 0.25) is 0 Å². The standard InChI is InChI=1S/C15H17N5S/c1-4-5-18-14-12-9(2)10(3)21-15(12)20-13(19-14)11-8-16-6-7-17-11/h6-8H,4-5H2,1-3H3,(H,18,19,20). The first-order chi connectivity index (χ1) is 10.2. The van der Waals surface area contributed by atoms with Crippen molar-refractivity contribution in [2.75, 3.05) is 11.9 Å².